The molecule has 1 aromatic rings. The molecule has 1 amide bonds. The Balaban J connectivity index is 1.55. The third-order valence-electron chi connectivity index (χ3n) is 5.39. The van der Waals surface area contributed by atoms with Crippen LogP contribution in [0.4, 0.5) is 13.2 Å². The minimum atomic E-state index is -4.74. The maximum atomic E-state index is 12.6. The Labute approximate surface area is 150 Å². The molecule has 2 atom stereocenters. The van der Waals surface area contributed by atoms with Gasteiger partial charge in [-0.05, 0) is 61.4 Å². The fraction of sp³-hybridized carbons (Fsp3) is 0.611. The zero-order valence-corrected chi connectivity index (χ0v) is 14.3. The summed E-state index contributed by atoms with van der Waals surface area (Å²) < 4.78 is 40.4. The van der Waals surface area contributed by atoms with Gasteiger partial charge in [-0.1, -0.05) is 0 Å². The van der Waals surface area contributed by atoms with Crippen molar-refractivity contribution in [2.24, 2.45) is 17.8 Å². The van der Waals surface area contributed by atoms with E-state index in [1.807, 2.05) is 0 Å². The zero-order valence-electron chi connectivity index (χ0n) is 14.3. The van der Waals surface area contributed by atoms with Crippen molar-refractivity contribution in [3.05, 3.63) is 29.8 Å². The van der Waals surface area contributed by atoms with Crippen LogP contribution in [0.5, 0.6) is 5.75 Å². The summed E-state index contributed by atoms with van der Waals surface area (Å²) in [6, 6.07) is 5.03. The number of hydrogen-bond donors (Lipinski definition) is 2. The number of ether oxygens (including phenoxy) is 1. The Morgan fingerprint density at radius 2 is 1.85 bits per heavy atom. The van der Waals surface area contributed by atoms with Gasteiger partial charge in [0.05, 0.1) is 0 Å². The maximum absolute atomic E-state index is 12.6. The highest BCUT2D eigenvalue weighted by molar-refractivity contribution is 5.94. The first-order valence-electron chi connectivity index (χ1n) is 8.84. The smallest absolute Gasteiger partial charge is 0.406 e. The number of carbonyl (C=O) groups is 1. The molecule has 2 fully saturated rings. The molecule has 0 aromatic heterocycles. The largest absolute Gasteiger partial charge is 0.573 e. The van der Waals surface area contributed by atoms with Crippen molar-refractivity contribution in [2.75, 3.05) is 32.8 Å². The van der Waals surface area contributed by atoms with E-state index in [0.29, 0.717) is 30.5 Å². The van der Waals surface area contributed by atoms with Crippen LogP contribution in [-0.4, -0.2) is 55.1 Å². The van der Waals surface area contributed by atoms with Gasteiger partial charge in [0.15, 0.2) is 0 Å². The summed E-state index contributed by atoms with van der Waals surface area (Å²) >= 11 is 0. The predicted octanol–water partition coefficient (Wildman–Crippen LogP) is 2.27. The molecule has 2 saturated heterocycles. The lowest BCUT2D eigenvalue weighted by Crippen LogP contribution is -2.41. The molecule has 2 N–H and O–H groups in total. The van der Waals surface area contributed by atoms with Gasteiger partial charge in [0.1, 0.15) is 5.75 Å². The topological polar surface area (TPSA) is 61.8 Å². The van der Waals surface area contributed by atoms with E-state index in [0.717, 1.165) is 38.1 Å². The average molecular weight is 372 g/mol. The lowest BCUT2D eigenvalue weighted by Gasteiger charge is -2.36. The van der Waals surface area contributed by atoms with Crippen molar-refractivity contribution in [1.82, 2.24) is 10.2 Å². The predicted molar refractivity (Wildman–Crippen MR) is 88.7 cm³/mol. The number of benzene rings is 1. The molecule has 144 valence electrons. The summed E-state index contributed by atoms with van der Waals surface area (Å²) in [5, 5.41) is 12.8. The Kier molecular flexibility index (Phi) is 5.72. The molecule has 0 radical (unpaired) electrons. The van der Waals surface area contributed by atoms with Gasteiger partial charge in [-0.3, -0.25) is 4.79 Å². The van der Waals surface area contributed by atoms with Gasteiger partial charge in [0, 0.05) is 31.8 Å². The number of likely N-dealkylation sites (tertiary alicyclic amines) is 1. The van der Waals surface area contributed by atoms with Crippen molar-refractivity contribution in [1.29, 1.82) is 0 Å². The number of amides is 1. The van der Waals surface area contributed by atoms with Crippen molar-refractivity contribution >= 4 is 5.91 Å². The van der Waals surface area contributed by atoms with Crippen LogP contribution < -0.4 is 10.1 Å². The zero-order chi connectivity index (χ0) is 18.7. The highest BCUT2D eigenvalue weighted by Crippen LogP contribution is 2.33. The van der Waals surface area contributed by atoms with Crippen LogP contribution in [0.1, 0.15) is 23.2 Å². The van der Waals surface area contributed by atoms with Crippen molar-refractivity contribution < 1.29 is 27.8 Å². The number of piperidine rings is 1. The molecule has 0 aliphatic carbocycles. The number of nitrogens with one attached hydrogen (secondary N) is 1. The van der Waals surface area contributed by atoms with Crippen LogP contribution in [0.15, 0.2) is 24.3 Å². The standard InChI is InChI=1S/C18H23F3N2O3/c19-18(20,21)26-15-3-1-13(2-4-15)17(25)23-7-5-12(6-8-23)16-10-22-9-14(16)11-24/h1-4,12,14,16,22,24H,5-11H2/t14-,16-/m0/s1. The van der Waals surface area contributed by atoms with Gasteiger partial charge in [-0.25, -0.2) is 0 Å². The third kappa shape index (κ3) is 4.48. The lowest BCUT2D eigenvalue weighted by atomic mass is 9.78. The molecule has 0 spiro atoms. The number of rotatable bonds is 4. The molecule has 2 aliphatic rings. The molecule has 8 heteroatoms. The van der Waals surface area contributed by atoms with E-state index in [9.17, 15) is 23.1 Å². The van der Waals surface area contributed by atoms with Crippen molar-refractivity contribution in [3.8, 4) is 5.75 Å². The van der Waals surface area contributed by atoms with Crippen LogP contribution in [0.25, 0.3) is 0 Å². The molecule has 0 saturated carbocycles. The molecular formula is C18H23F3N2O3. The van der Waals surface area contributed by atoms with Crippen LogP contribution in [0.2, 0.25) is 0 Å². The first-order valence-corrected chi connectivity index (χ1v) is 8.84. The minimum Gasteiger partial charge on any atom is -0.406 e. The summed E-state index contributed by atoms with van der Waals surface area (Å²) in [5.74, 6) is 0.690. The summed E-state index contributed by atoms with van der Waals surface area (Å²) in [4.78, 5) is 14.3. The van der Waals surface area contributed by atoms with Gasteiger partial charge in [-0.15, -0.1) is 13.2 Å². The monoisotopic (exact) mass is 372 g/mol. The number of nitrogens with zero attached hydrogens (tertiary/aromatic N) is 1. The summed E-state index contributed by atoms with van der Waals surface area (Å²) in [6.45, 7) is 3.18. The Hall–Kier alpha value is -1.80. The SMILES string of the molecule is O=C(c1ccc(OC(F)(F)F)cc1)N1CCC([C@@H]2CNC[C@H]2CO)CC1. The van der Waals surface area contributed by atoms with Gasteiger partial charge >= 0.3 is 6.36 Å². The van der Waals surface area contributed by atoms with Gasteiger partial charge in [0.25, 0.3) is 5.91 Å². The van der Waals surface area contributed by atoms with E-state index < -0.39 is 6.36 Å². The third-order valence-corrected chi connectivity index (χ3v) is 5.39. The Bertz CT molecular complexity index is 613. The first-order chi connectivity index (χ1) is 12.4. The Morgan fingerprint density at radius 1 is 1.19 bits per heavy atom. The van der Waals surface area contributed by atoms with E-state index in [4.69, 9.17) is 0 Å². The van der Waals surface area contributed by atoms with E-state index in [1.165, 1.54) is 12.1 Å². The van der Waals surface area contributed by atoms with Gasteiger partial charge < -0.3 is 20.1 Å². The number of halogens is 3. The number of hydrogen-bond acceptors (Lipinski definition) is 4. The lowest BCUT2D eigenvalue weighted by molar-refractivity contribution is -0.274. The number of aliphatic hydroxyl groups is 1. The van der Waals surface area contributed by atoms with Crippen molar-refractivity contribution in [2.45, 2.75) is 19.2 Å². The van der Waals surface area contributed by atoms with E-state index >= 15 is 0 Å². The molecule has 2 heterocycles. The molecular weight excluding hydrogens is 349 g/mol. The fourth-order valence-corrected chi connectivity index (χ4v) is 4.02. The normalized spacial score (nSPS) is 24.7. The molecule has 3 rings (SSSR count). The summed E-state index contributed by atoms with van der Waals surface area (Å²) in [5.41, 5.74) is 0.355. The maximum Gasteiger partial charge on any atom is 0.573 e. The second-order valence-corrected chi connectivity index (χ2v) is 6.97. The van der Waals surface area contributed by atoms with E-state index in [-0.39, 0.29) is 24.2 Å². The second-order valence-electron chi connectivity index (χ2n) is 6.97. The summed E-state index contributed by atoms with van der Waals surface area (Å²) in [7, 11) is 0. The second kappa shape index (κ2) is 7.84. The number of aliphatic hydroxyl groups excluding tert-OH is 1. The Morgan fingerprint density at radius 3 is 2.42 bits per heavy atom. The number of carbonyl (C=O) groups excluding carboxylic acids is 1. The van der Waals surface area contributed by atoms with Gasteiger partial charge in [0.2, 0.25) is 0 Å². The highest BCUT2D eigenvalue weighted by Gasteiger charge is 2.36. The molecule has 26 heavy (non-hydrogen) atoms. The first kappa shape index (κ1) is 19.0. The summed E-state index contributed by atoms with van der Waals surface area (Å²) in [6.07, 6.45) is -2.98. The van der Waals surface area contributed by atoms with E-state index in [1.54, 1.807) is 4.90 Å². The van der Waals surface area contributed by atoms with Crippen LogP contribution in [0, 0.1) is 17.8 Å². The molecule has 1 aromatic carbocycles. The fourth-order valence-electron chi connectivity index (χ4n) is 4.02. The average Bonchev–Trinajstić information content (AvgIpc) is 3.09. The van der Waals surface area contributed by atoms with Crippen LogP contribution >= 0.6 is 0 Å². The molecule has 0 bridgehead atoms. The molecule has 2 aliphatic heterocycles. The minimum absolute atomic E-state index is 0.176. The van der Waals surface area contributed by atoms with Crippen LogP contribution in [-0.2, 0) is 0 Å². The number of alkyl halides is 3. The molecule has 5 nitrogen and oxygen atoms in total. The van der Waals surface area contributed by atoms with Crippen molar-refractivity contribution in [3.63, 3.8) is 0 Å². The van der Waals surface area contributed by atoms with Gasteiger partial charge in [-0.2, -0.15) is 0 Å². The van der Waals surface area contributed by atoms with E-state index in [2.05, 4.69) is 10.1 Å². The molecule has 0 unspecified atom stereocenters. The van der Waals surface area contributed by atoms with Crippen LogP contribution in [0.3, 0.4) is 0 Å². The highest BCUT2D eigenvalue weighted by atomic mass is 19.4. The quantitative estimate of drug-likeness (QED) is 0.851.